The predicted molar refractivity (Wildman–Crippen MR) is 96.0 cm³/mol. The van der Waals surface area contributed by atoms with Crippen LogP contribution in [0.3, 0.4) is 0 Å². The minimum Gasteiger partial charge on any atom is -0.388 e. The van der Waals surface area contributed by atoms with Crippen molar-refractivity contribution in [1.82, 2.24) is 4.90 Å². The van der Waals surface area contributed by atoms with Gasteiger partial charge in [-0.3, -0.25) is 9.69 Å². The van der Waals surface area contributed by atoms with Gasteiger partial charge in [-0.15, -0.1) is 0 Å². The summed E-state index contributed by atoms with van der Waals surface area (Å²) >= 11 is 0. The van der Waals surface area contributed by atoms with Gasteiger partial charge < -0.3 is 20.3 Å². The topological polar surface area (TPSA) is 85.0 Å². The van der Waals surface area contributed by atoms with Gasteiger partial charge in [0.1, 0.15) is 6.61 Å². The molecule has 0 saturated carbocycles. The number of unbranched alkanes of at least 4 members (excludes halogenated alkanes) is 1. The van der Waals surface area contributed by atoms with Gasteiger partial charge in [0.25, 0.3) is 0 Å². The van der Waals surface area contributed by atoms with Gasteiger partial charge in [0.05, 0.1) is 31.4 Å². The second-order valence-corrected chi connectivity index (χ2v) is 6.39. The molecule has 6 nitrogen and oxygen atoms in total. The molecule has 140 valence electrons. The molecule has 1 aromatic rings. The summed E-state index contributed by atoms with van der Waals surface area (Å²) in [5.74, 6) is -0.895. The number of nitrogens with zero attached hydrogens (tertiary/aromatic N) is 1. The molecule has 0 aromatic heterocycles. The van der Waals surface area contributed by atoms with Crippen LogP contribution < -0.4 is 5.73 Å². The summed E-state index contributed by atoms with van der Waals surface area (Å²) in [4.78, 5) is 14.8. The molecule has 1 unspecified atom stereocenters. The third kappa shape index (κ3) is 5.87. The zero-order valence-corrected chi connectivity index (χ0v) is 15.0. The molecule has 1 heterocycles. The number of nitrogens with two attached hydrogens (primary N) is 1. The minimum absolute atomic E-state index is 0.0212. The van der Waals surface area contributed by atoms with E-state index >= 15 is 0 Å². The molecule has 1 fully saturated rings. The number of ether oxygens (including phenoxy) is 2. The summed E-state index contributed by atoms with van der Waals surface area (Å²) in [6.07, 6.45) is 0.398. The first-order chi connectivity index (χ1) is 12.1. The lowest BCUT2D eigenvalue weighted by molar-refractivity contribution is -0.136. The SMILES string of the molecule is CCCCOCC(=O)[C@@H](C(N)N1CCOCC1)[C@H](O)c1ccccc1. The molecular formula is C19H30N2O4. The average Bonchev–Trinajstić information content (AvgIpc) is 2.66. The summed E-state index contributed by atoms with van der Waals surface area (Å²) in [6.45, 7) is 5.08. The molecule has 1 aliphatic rings. The summed E-state index contributed by atoms with van der Waals surface area (Å²) in [7, 11) is 0. The number of rotatable bonds is 10. The largest absolute Gasteiger partial charge is 0.388 e. The Kier molecular flexibility index (Phi) is 8.51. The second kappa shape index (κ2) is 10.6. The third-order valence-electron chi connectivity index (χ3n) is 4.57. The molecule has 0 aliphatic carbocycles. The van der Waals surface area contributed by atoms with Crippen molar-refractivity contribution >= 4 is 5.78 Å². The highest BCUT2D eigenvalue weighted by Crippen LogP contribution is 2.27. The van der Waals surface area contributed by atoms with Crippen molar-refractivity contribution in [3.05, 3.63) is 35.9 Å². The number of aliphatic hydroxyl groups is 1. The Hall–Kier alpha value is -1.31. The summed E-state index contributed by atoms with van der Waals surface area (Å²) in [5.41, 5.74) is 7.09. The van der Waals surface area contributed by atoms with E-state index in [0.717, 1.165) is 12.8 Å². The van der Waals surface area contributed by atoms with E-state index in [2.05, 4.69) is 6.92 Å². The Morgan fingerprint density at radius 2 is 2.00 bits per heavy atom. The molecule has 3 atom stereocenters. The number of Topliss-reactive ketones (excluding diaryl/α,β-unsaturated/α-hetero) is 1. The van der Waals surface area contributed by atoms with Gasteiger partial charge in [-0.1, -0.05) is 43.7 Å². The van der Waals surface area contributed by atoms with Gasteiger partial charge in [0, 0.05) is 19.7 Å². The Bertz CT molecular complexity index is 505. The van der Waals surface area contributed by atoms with Crippen LogP contribution in [0.1, 0.15) is 31.4 Å². The highest BCUT2D eigenvalue weighted by molar-refractivity contribution is 5.83. The van der Waals surface area contributed by atoms with Gasteiger partial charge in [0.2, 0.25) is 0 Å². The Morgan fingerprint density at radius 1 is 1.32 bits per heavy atom. The quantitative estimate of drug-likeness (QED) is 0.620. The number of carbonyl (C=O) groups is 1. The lowest BCUT2D eigenvalue weighted by Gasteiger charge is -2.37. The zero-order valence-electron chi connectivity index (χ0n) is 15.0. The number of hydrogen-bond donors (Lipinski definition) is 2. The van der Waals surface area contributed by atoms with Gasteiger partial charge in [-0.2, -0.15) is 0 Å². The van der Waals surface area contributed by atoms with Crippen LogP contribution >= 0.6 is 0 Å². The molecule has 0 amide bonds. The van der Waals surface area contributed by atoms with Crippen LogP contribution in [0.4, 0.5) is 0 Å². The van der Waals surface area contributed by atoms with E-state index in [1.165, 1.54) is 0 Å². The van der Waals surface area contributed by atoms with Gasteiger partial charge >= 0.3 is 0 Å². The summed E-state index contributed by atoms with van der Waals surface area (Å²) in [6, 6.07) is 9.20. The monoisotopic (exact) mass is 350 g/mol. The predicted octanol–water partition coefficient (Wildman–Crippen LogP) is 1.34. The van der Waals surface area contributed by atoms with E-state index in [1.54, 1.807) is 0 Å². The molecule has 2 rings (SSSR count). The molecule has 0 spiro atoms. The first-order valence-corrected chi connectivity index (χ1v) is 9.06. The number of ketones is 1. The fourth-order valence-electron chi connectivity index (χ4n) is 3.03. The first-order valence-electron chi connectivity index (χ1n) is 9.06. The average molecular weight is 350 g/mol. The van der Waals surface area contributed by atoms with Crippen LogP contribution in [0.25, 0.3) is 0 Å². The molecule has 0 radical (unpaired) electrons. The number of carbonyl (C=O) groups excluding carboxylic acids is 1. The maximum absolute atomic E-state index is 12.8. The van der Waals surface area contributed by atoms with Crippen molar-refractivity contribution in [2.45, 2.75) is 32.0 Å². The fourth-order valence-corrected chi connectivity index (χ4v) is 3.03. The molecule has 25 heavy (non-hydrogen) atoms. The van der Waals surface area contributed by atoms with Crippen molar-refractivity contribution in [1.29, 1.82) is 0 Å². The highest BCUT2D eigenvalue weighted by Gasteiger charge is 2.36. The van der Waals surface area contributed by atoms with Crippen LogP contribution in [0.2, 0.25) is 0 Å². The fraction of sp³-hybridized carbons (Fsp3) is 0.632. The Morgan fingerprint density at radius 3 is 2.64 bits per heavy atom. The van der Waals surface area contributed by atoms with Crippen LogP contribution in [-0.4, -0.2) is 61.5 Å². The van der Waals surface area contributed by atoms with Crippen LogP contribution in [-0.2, 0) is 14.3 Å². The molecule has 0 bridgehead atoms. The summed E-state index contributed by atoms with van der Waals surface area (Å²) in [5, 5.41) is 10.8. The van der Waals surface area contributed by atoms with Crippen molar-refractivity contribution in [2.75, 3.05) is 39.5 Å². The van der Waals surface area contributed by atoms with Gasteiger partial charge in [-0.05, 0) is 12.0 Å². The van der Waals surface area contributed by atoms with E-state index in [9.17, 15) is 9.90 Å². The van der Waals surface area contributed by atoms with E-state index < -0.39 is 18.2 Å². The first kappa shape index (κ1) is 20.0. The van der Waals surface area contributed by atoms with E-state index in [1.807, 2.05) is 35.2 Å². The van der Waals surface area contributed by atoms with Crippen molar-refractivity contribution in [3.8, 4) is 0 Å². The van der Waals surface area contributed by atoms with E-state index in [0.29, 0.717) is 38.5 Å². The second-order valence-electron chi connectivity index (χ2n) is 6.39. The number of hydrogen-bond acceptors (Lipinski definition) is 6. The summed E-state index contributed by atoms with van der Waals surface area (Å²) < 4.78 is 10.8. The van der Waals surface area contributed by atoms with Gasteiger partial charge in [-0.25, -0.2) is 0 Å². The zero-order chi connectivity index (χ0) is 18.1. The molecule has 1 aliphatic heterocycles. The van der Waals surface area contributed by atoms with Crippen LogP contribution in [0, 0.1) is 5.92 Å². The third-order valence-corrected chi connectivity index (χ3v) is 4.57. The highest BCUT2D eigenvalue weighted by atomic mass is 16.5. The lowest BCUT2D eigenvalue weighted by atomic mass is 9.88. The van der Waals surface area contributed by atoms with E-state index in [-0.39, 0.29) is 12.4 Å². The van der Waals surface area contributed by atoms with E-state index in [4.69, 9.17) is 15.2 Å². The standard InChI is InChI=1S/C19H30N2O4/c1-2-3-11-25-14-16(22)17(18(23)15-7-5-4-6-8-15)19(20)21-9-12-24-13-10-21/h4-8,17-19,23H,2-3,9-14,20H2,1H3/t17-,18-,19?/m1/s1. The number of morpholine rings is 1. The smallest absolute Gasteiger partial charge is 0.167 e. The maximum atomic E-state index is 12.8. The molecule has 1 saturated heterocycles. The molecular weight excluding hydrogens is 320 g/mol. The Labute approximate surface area is 149 Å². The minimum atomic E-state index is -0.957. The number of benzene rings is 1. The van der Waals surface area contributed by atoms with Gasteiger partial charge in [0.15, 0.2) is 5.78 Å². The Balaban J connectivity index is 2.10. The van der Waals surface area contributed by atoms with Crippen molar-refractivity contribution in [3.63, 3.8) is 0 Å². The van der Waals surface area contributed by atoms with Crippen LogP contribution in [0.5, 0.6) is 0 Å². The molecule has 3 N–H and O–H groups in total. The maximum Gasteiger partial charge on any atom is 0.167 e. The molecule has 1 aromatic carbocycles. The number of aliphatic hydroxyl groups excluding tert-OH is 1. The van der Waals surface area contributed by atoms with Crippen molar-refractivity contribution < 1.29 is 19.4 Å². The van der Waals surface area contributed by atoms with Crippen molar-refractivity contribution in [2.24, 2.45) is 11.7 Å². The normalized spacial score (nSPS) is 19.3. The van der Waals surface area contributed by atoms with Crippen LogP contribution in [0.15, 0.2) is 30.3 Å². The lowest BCUT2D eigenvalue weighted by Crippen LogP contribution is -2.55. The molecule has 6 heteroatoms.